The number of benzene rings is 1. The quantitative estimate of drug-likeness (QED) is 0.889. The third-order valence-corrected chi connectivity index (χ3v) is 3.38. The maximum absolute atomic E-state index is 4.37. The minimum absolute atomic E-state index is 0.928. The largest absolute Gasteiger partial charge is 0.354 e. The number of anilines is 1. The van der Waals surface area contributed by atoms with Gasteiger partial charge >= 0.3 is 0 Å². The van der Waals surface area contributed by atoms with E-state index >= 15 is 0 Å². The first-order valence-electron chi connectivity index (χ1n) is 6.78. The summed E-state index contributed by atoms with van der Waals surface area (Å²) in [5.74, 6) is 0.975. The van der Waals surface area contributed by atoms with Gasteiger partial charge in [-0.2, -0.15) is 0 Å². The molecule has 1 fully saturated rings. The van der Waals surface area contributed by atoms with Crippen molar-refractivity contribution in [3.05, 3.63) is 42.5 Å². The number of rotatable bonds is 2. The average Bonchev–Trinajstić information content (AvgIpc) is 2.77. The lowest BCUT2D eigenvalue weighted by atomic mass is 10.1. The van der Waals surface area contributed by atoms with Gasteiger partial charge in [-0.05, 0) is 25.1 Å². The average molecular weight is 254 g/mol. The molecule has 0 amide bonds. The van der Waals surface area contributed by atoms with Crippen LogP contribution in [-0.4, -0.2) is 36.4 Å². The first-order valence-corrected chi connectivity index (χ1v) is 6.78. The zero-order valence-corrected chi connectivity index (χ0v) is 10.9. The molecule has 4 nitrogen and oxygen atoms in total. The molecule has 0 radical (unpaired) electrons. The van der Waals surface area contributed by atoms with Gasteiger partial charge in [0, 0.05) is 25.2 Å². The highest BCUT2D eigenvalue weighted by Crippen LogP contribution is 2.18. The van der Waals surface area contributed by atoms with Crippen LogP contribution in [0.3, 0.4) is 0 Å². The van der Waals surface area contributed by atoms with Crippen molar-refractivity contribution in [1.82, 2.24) is 15.5 Å². The molecule has 1 saturated heterocycles. The maximum Gasteiger partial charge on any atom is 0.151 e. The summed E-state index contributed by atoms with van der Waals surface area (Å²) in [6.45, 7) is 4.15. The Labute approximate surface area is 113 Å². The molecule has 3 rings (SSSR count). The van der Waals surface area contributed by atoms with Gasteiger partial charge in [0.25, 0.3) is 0 Å². The molecule has 4 heteroatoms. The molecular weight excluding hydrogens is 236 g/mol. The predicted molar refractivity (Wildman–Crippen MR) is 77.2 cm³/mol. The van der Waals surface area contributed by atoms with E-state index in [1.54, 1.807) is 0 Å². The molecule has 1 aromatic heterocycles. The fraction of sp³-hybridized carbons (Fsp3) is 0.333. The summed E-state index contributed by atoms with van der Waals surface area (Å²) in [4.78, 5) is 2.29. The van der Waals surface area contributed by atoms with E-state index in [0.29, 0.717) is 0 Å². The molecule has 2 heterocycles. The van der Waals surface area contributed by atoms with Crippen LogP contribution in [0.2, 0.25) is 0 Å². The Balaban J connectivity index is 1.78. The molecule has 98 valence electrons. The molecule has 1 aromatic carbocycles. The molecule has 1 aliphatic heterocycles. The lowest BCUT2D eigenvalue weighted by Gasteiger charge is -2.20. The molecule has 0 bridgehead atoms. The van der Waals surface area contributed by atoms with Crippen LogP contribution in [0.1, 0.15) is 6.42 Å². The molecule has 0 unspecified atom stereocenters. The van der Waals surface area contributed by atoms with E-state index in [1.807, 2.05) is 18.2 Å². The van der Waals surface area contributed by atoms with Crippen LogP contribution in [0, 0.1) is 0 Å². The normalized spacial score (nSPS) is 16.1. The van der Waals surface area contributed by atoms with Crippen molar-refractivity contribution < 1.29 is 0 Å². The first-order chi connectivity index (χ1) is 9.43. The van der Waals surface area contributed by atoms with E-state index in [0.717, 1.165) is 49.7 Å². The van der Waals surface area contributed by atoms with Crippen molar-refractivity contribution in [2.75, 3.05) is 31.1 Å². The number of hydrogen-bond donors (Lipinski definition) is 1. The van der Waals surface area contributed by atoms with Gasteiger partial charge in [0.2, 0.25) is 0 Å². The van der Waals surface area contributed by atoms with Gasteiger partial charge in [0.05, 0.1) is 5.69 Å². The molecule has 0 aliphatic carbocycles. The topological polar surface area (TPSA) is 41.0 Å². The zero-order chi connectivity index (χ0) is 12.9. The Morgan fingerprint density at radius 2 is 1.79 bits per heavy atom. The molecule has 1 N–H and O–H groups in total. The van der Waals surface area contributed by atoms with Crippen LogP contribution in [0.15, 0.2) is 42.5 Å². The number of nitrogens with one attached hydrogen (secondary N) is 1. The molecule has 0 atom stereocenters. The van der Waals surface area contributed by atoms with Crippen molar-refractivity contribution >= 4 is 5.82 Å². The van der Waals surface area contributed by atoms with Gasteiger partial charge in [-0.1, -0.05) is 30.3 Å². The fourth-order valence-electron chi connectivity index (χ4n) is 2.33. The first kappa shape index (κ1) is 12.1. The van der Waals surface area contributed by atoms with Crippen molar-refractivity contribution in [1.29, 1.82) is 0 Å². The van der Waals surface area contributed by atoms with Crippen LogP contribution >= 0.6 is 0 Å². The highest BCUT2D eigenvalue weighted by molar-refractivity contribution is 5.59. The summed E-state index contributed by atoms with van der Waals surface area (Å²) in [7, 11) is 0. The number of hydrogen-bond acceptors (Lipinski definition) is 4. The third kappa shape index (κ3) is 2.90. The second kappa shape index (κ2) is 5.80. The molecule has 0 saturated carbocycles. The van der Waals surface area contributed by atoms with E-state index in [1.165, 1.54) is 0 Å². The van der Waals surface area contributed by atoms with Gasteiger partial charge in [-0.3, -0.25) is 0 Å². The predicted octanol–water partition coefficient (Wildman–Crippen LogP) is 1.94. The number of nitrogens with zero attached hydrogens (tertiary/aromatic N) is 3. The molecule has 1 aliphatic rings. The van der Waals surface area contributed by atoms with Crippen molar-refractivity contribution in [2.24, 2.45) is 0 Å². The van der Waals surface area contributed by atoms with Gasteiger partial charge in [0.15, 0.2) is 5.82 Å². The lowest BCUT2D eigenvalue weighted by Crippen LogP contribution is -2.28. The summed E-state index contributed by atoms with van der Waals surface area (Å²) in [6.07, 6.45) is 1.15. The second-order valence-electron chi connectivity index (χ2n) is 4.73. The summed E-state index contributed by atoms with van der Waals surface area (Å²) in [5.41, 5.74) is 2.04. The van der Waals surface area contributed by atoms with Crippen LogP contribution in [0.5, 0.6) is 0 Å². The van der Waals surface area contributed by atoms with Gasteiger partial charge in [-0.25, -0.2) is 0 Å². The van der Waals surface area contributed by atoms with Crippen molar-refractivity contribution in [3.63, 3.8) is 0 Å². The molecule has 19 heavy (non-hydrogen) atoms. The van der Waals surface area contributed by atoms with Crippen LogP contribution in [0.25, 0.3) is 11.3 Å². The second-order valence-corrected chi connectivity index (χ2v) is 4.73. The van der Waals surface area contributed by atoms with Crippen LogP contribution < -0.4 is 10.2 Å². The Kier molecular flexibility index (Phi) is 3.70. The van der Waals surface area contributed by atoms with Crippen molar-refractivity contribution in [3.8, 4) is 11.3 Å². The Hall–Kier alpha value is -1.94. The Morgan fingerprint density at radius 1 is 0.895 bits per heavy atom. The van der Waals surface area contributed by atoms with Gasteiger partial charge in [0.1, 0.15) is 0 Å². The Morgan fingerprint density at radius 3 is 2.58 bits per heavy atom. The van der Waals surface area contributed by atoms with E-state index in [-0.39, 0.29) is 0 Å². The molecular formula is C15H18N4. The van der Waals surface area contributed by atoms with Gasteiger partial charge in [-0.15, -0.1) is 10.2 Å². The standard InChI is InChI=1S/C15H18N4/c1-2-5-13(6-3-1)14-7-8-15(18-17-14)19-11-4-9-16-10-12-19/h1-3,5-8,16H,4,9-12H2. The summed E-state index contributed by atoms with van der Waals surface area (Å²) in [5, 5.41) is 12.1. The van der Waals surface area contributed by atoms with Crippen LogP contribution in [-0.2, 0) is 0 Å². The minimum Gasteiger partial charge on any atom is -0.354 e. The minimum atomic E-state index is 0.928. The summed E-state index contributed by atoms with van der Waals surface area (Å²) in [6, 6.07) is 14.3. The lowest BCUT2D eigenvalue weighted by molar-refractivity contribution is 0.724. The SMILES string of the molecule is c1ccc(-c2ccc(N3CCCNCC3)nn2)cc1. The van der Waals surface area contributed by atoms with Gasteiger partial charge < -0.3 is 10.2 Å². The number of aromatic nitrogens is 2. The maximum atomic E-state index is 4.37. The van der Waals surface area contributed by atoms with Crippen molar-refractivity contribution in [2.45, 2.75) is 6.42 Å². The van der Waals surface area contributed by atoms with E-state index in [9.17, 15) is 0 Å². The highest BCUT2D eigenvalue weighted by atomic mass is 15.3. The monoisotopic (exact) mass is 254 g/mol. The summed E-state index contributed by atoms with van der Waals surface area (Å²) >= 11 is 0. The van der Waals surface area contributed by atoms with E-state index in [4.69, 9.17) is 0 Å². The fourth-order valence-corrected chi connectivity index (χ4v) is 2.33. The smallest absolute Gasteiger partial charge is 0.151 e. The van der Waals surface area contributed by atoms with Crippen LogP contribution in [0.4, 0.5) is 5.82 Å². The molecule has 2 aromatic rings. The highest BCUT2D eigenvalue weighted by Gasteiger charge is 2.11. The molecule has 0 spiro atoms. The van der Waals surface area contributed by atoms with E-state index in [2.05, 4.69) is 44.7 Å². The Bertz CT molecular complexity index is 501. The summed E-state index contributed by atoms with van der Waals surface area (Å²) < 4.78 is 0. The van der Waals surface area contributed by atoms with E-state index < -0.39 is 0 Å². The zero-order valence-electron chi connectivity index (χ0n) is 10.9. The third-order valence-electron chi connectivity index (χ3n) is 3.38.